The van der Waals surface area contributed by atoms with Crippen LogP contribution in [0.3, 0.4) is 0 Å². The number of hydrogen-bond donors (Lipinski definition) is 2. The van der Waals surface area contributed by atoms with Crippen molar-refractivity contribution in [1.29, 1.82) is 0 Å². The monoisotopic (exact) mass is 451 g/mol. The lowest BCUT2D eigenvalue weighted by Gasteiger charge is -2.56. The molecule has 1 aromatic carbocycles. The van der Waals surface area contributed by atoms with Crippen LogP contribution < -0.4 is 10.6 Å². The van der Waals surface area contributed by atoms with E-state index in [1.807, 2.05) is 0 Å². The van der Waals surface area contributed by atoms with Gasteiger partial charge in [-0.15, -0.1) is 0 Å². The van der Waals surface area contributed by atoms with Crippen LogP contribution in [0.4, 0.5) is 4.79 Å². The molecule has 2 N–H and O–H groups in total. The normalized spacial score (nSPS) is 35.5. The quantitative estimate of drug-likeness (QED) is 0.717. The fourth-order valence-corrected chi connectivity index (χ4v) is 8.38. The van der Waals surface area contributed by atoms with Crippen molar-refractivity contribution in [1.82, 2.24) is 14.9 Å². The molecule has 8 heteroatoms. The summed E-state index contributed by atoms with van der Waals surface area (Å²) in [5, 5.41) is 6.87. The van der Waals surface area contributed by atoms with Crippen molar-refractivity contribution in [3.8, 4) is 0 Å². The second-order valence-electron chi connectivity index (χ2n) is 10.0. The molecule has 0 radical (unpaired) electrons. The largest absolute Gasteiger partial charge is 0.338 e. The van der Waals surface area contributed by atoms with E-state index in [9.17, 15) is 13.2 Å². The van der Waals surface area contributed by atoms with E-state index in [4.69, 9.17) is 11.6 Å². The molecule has 4 aliphatic carbocycles. The number of nitrogens with zero attached hydrogens (tertiary/aromatic N) is 1. The molecule has 30 heavy (non-hydrogen) atoms. The average Bonchev–Trinajstić information content (AvgIpc) is 3.15. The van der Waals surface area contributed by atoms with Gasteiger partial charge in [-0.25, -0.2) is 13.2 Å². The lowest BCUT2D eigenvalue weighted by molar-refractivity contribution is -0.0135. The predicted octanol–water partition coefficient (Wildman–Crippen LogP) is 3.62. The second kappa shape index (κ2) is 7.68. The van der Waals surface area contributed by atoms with E-state index in [1.54, 1.807) is 24.3 Å². The number of halogens is 1. The van der Waals surface area contributed by atoms with Crippen molar-refractivity contribution >= 4 is 27.7 Å². The Kier molecular flexibility index (Phi) is 5.27. The lowest BCUT2D eigenvalue weighted by Crippen LogP contribution is -2.61. The summed E-state index contributed by atoms with van der Waals surface area (Å²) in [6, 6.07) is 6.19. The molecule has 4 bridgehead atoms. The molecule has 6 nitrogen and oxygen atoms in total. The van der Waals surface area contributed by atoms with Crippen molar-refractivity contribution in [2.24, 2.45) is 23.7 Å². The van der Waals surface area contributed by atoms with Gasteiger partial charge in [0, 0.05) is 30.2 Å². The van der Waals surface area contributed by atoms with Crippen LogP contribution in [0.1, 0.15) is 44.9 Å². The highest BCUT2D eigenvalue weighted by atomic mass is 35.5. The molecule has 1 aliphatic heterocycles. The summed E-state index contributed by atoms with van der Waals surface area (Å²) in [5.74, 6) is 2.50. The first-order chi connectivity index (χ1) is 14.3. The Hall–Kier alpha value is -1.31. The van der Waals surface area contributed by atoms with Crippen LogP contribution >= 0.6 is 11.6 Å². The summed E-state index contributed by atoms with van der Waals surface area (Å²) in [6.07, 6.45) is 8.19. The highest BCUT2D eigenvalue weighted by Crippen LogP contribution is 2.55. The van der Waals surface area contributed by atoms with Crippen LogP contribution in [0.2, 0.25) is 5.02 Å². The average molecular weight is 452 g/mol. The third-order valence-corrected chi connectivity index (χ3v) is 9.80. The first-order valence-electron chi connectivity index (χ1n) is 11.1. The van der Waals surface area contributed by atoms with Gasteiger partial charge in [0.25, 0.3) is 0 Å². The molecule has 1 aromatic rings. The van der Waals surface area contributed by atoms with Crippen molar-refractivity contribution in [2.45, 2.75) is 55.4 Å². The number of urea groups is 1. The molecule has 5 aliphatic rings. The van der Waals surface area contributed by atoms with Crippen molar-refractivity contribution < 1.29 is 13.2 Å². The van der Waals surface area contributed by atoms with E-state index in [0.717, 1.165) is 43.4 Å². The zero-order valence-electron chi connectivity index (χ0n) is 17.1. The van der Waals surface area contributed by atoms with E-state index in [1.165, 1.54) is 23.6 Å². The Morgan fingerprint density at radius 2 is 1.67 bits per heavy atom. The van der Waals surface area contributed by atoms with Gasteiger partial charge in [-0.2, -0.15) is 4.31 Å². The third-order valence-electron chi connectivity index (χ3n) is 7.67. The minimum atomic E-state index is -3.52. The highest BCUT2D eigenvalue weighted by molar-refractivity contribution is 7.89. The van der Waals surface area contributed by atoms with E-state index >= 15 is 0 Å². The van der Waals surface area contributed by atoms with Gasteiger partial charge in [0.1, 0.15) is 0 Å². The van der Waals surface area contributed by atoms with E-state index in [-0.39, 0.29) is 22.4 Å². The minimum Gasteiger partial charge on any atom is -0.338 e. The summed E-state index contributed by atoms with van der Waals surface area (Å²) in [4.78, 5) is 12.9. The van der Waals surface area contributed by atoms with Crippen LogP contribution in [-0.4, -0.2) is 43.9 Å². The molecule has 4 saturated carbocycles. The predicted molar refractivity (Wildman–Crippen MR) is 116 cm³/mol. The molecule has 2 amide bonds. The van der Waals surface area contributed by atoms with Gasteiger partial charge in [-0.3, -0.25) is 0 Å². The van der Waals surface area contributed by atoms with Gasteiger partial charge in [0.05, 0.1) is 4.90 Å². The molecule has 1 saturated heterocycles. The smallest absolute Gasteiger partial charge is 0.315 e. The fourth-order valence-electron chi connectivity index (χ4n) is 6.72. The zero-order valence-corrected chi connectivity index (χ0v) is 18.7. The van der Waals surface area contributed by atoms with E-state index in [2.05, 4.69) is 10.6 Å². The molecule has 0 spiro atoms. The molecular formula is C22H30ClN3O3S. The van der Waals surface area contributed by atoms with Crippen LogP contribution in [0, 0.1) is 23.7 Å². The molecule has 1 heterocycles. The molecular weight excluding hydrogens is 422 g/mol. The minimum absolute atomic E-state index is 0.00152. The standard InChI is InChI=1S/C22H30ClN3O3S/c23-19-1-3-20(4-2-19)30(28,29)26-6-5-15(14-26)13-24-21(27)25-22-10-16-7-17(11-22)9-18(8-16)12-22/h1-4,15-18H,5-14H2,(H2,24,25,27). The van der Waals surface area contributed by atoms with Crippen molar-refractivity contribution in [3.05, 3.63) is 29.3 Å². The lowest BCUT2D eigenvalue weighted by atomic mass is 9.53. The Morgan fingerprint density at radius 1 is 1.07 bits per heavy atom. The molecule has 1 unspecified atom stereocenters. The number of nitrogens with one attached hydrogen (secondary N) is 2. The topological polar surface area (TPSA) is 78.5 Å². The zero-order chi connectivity index (χ0) is 20.9. The summed E-state index contributed by atoms with van der Waals surface area (Å²) in [5.41, 5.74) is -0.00152. The number of sulfonamides is 1. The number of hydrogen-bond acceptors (Lipinski definition) is 3. The second-order valence-corrected chi connectivity index (χ2v) is 12.4. The maximum absolute atomic E-state index is 12.8. The number of amides is 2. The Bertz CT molecular complexity index is 883. The summed E-state index contributed by atoms with van der Waals surface area (Å²) in [7, 11) is -3.52. The maximum Gasteiger partial charge on any atom is 0.315 e. The summed E-state index contributed by atoms with van der Waals surface area (Å²) in [6.45, 7) is 1.42. The number of carbonyl (C=O) groups excluding carboxylic acids is 1. The van der Waals surface area contributed by atoms with E-state index in [0.29, 0.717) is 24.7 Å². The SMILES string of the molecule is O=C(NCC1CCN(S(=O)(=O)c2ccc(Cl)cc2)C1)NC12CC3CC(CC(C3)C1)C2. The number of carbonyl (C=O) groups is 1. The van der Waals surface area contributed by atoms with Crippen LogP contribution in [0.15, 0.2) is 29.2 Å². The summed E-state index contributed by atoms with van der Waals surface area (Å²) < 4.78 is 27.2. The van der Waals surface area contributed by atoms with Gasteiger partial charge in [-0.1, -0.05) is 11.6 Å². The Morgan fingerprint density at radius 3 is 2.27 bits per heavy atom. The van der Waals surface area contributed by atoms with Crippen LogP contribution in [-0.2, 0) is 10.0 Å². The number of benzene rings is 1. The van der Waals surface area contributed by atoms with Crippen molar-refractivity contribution in [2.75, 3.05) is 19.6 Å². The Balaban J connectivity index is 1.13. The van der Waals surface area contributed by atoms with Gasteiger partial charge < -0.3 is 10.6 Å². The van der Waals surface area contributed by atoms with Crippen LogP contribution in [0.5, 0.6) is 0 Å². The fraction of sp³-hybridized carbons (Fsp3) is 0.682. The first-order valence-corrected chi connectivity index (χ1v) is 12.9. The highest BCUT2D eigenvalue weighted by Gasteiger charge is 2.51. The Labute approximate surface area is 183 Å². The van der Waals surface area contributed by atoms with E-state index < -0.39 is 10.0 Å². The van der Waals surface area contributed by atoms with Gasteiger partial charge in [0.2, 0.25) is 10.0 Å². The molecule has 164 valence electrons. The maximum atomic E-state index is 12.8. The van der Waals surface area contributed by atoms with Gasteiger partial charge in [-0.05, 0) is 92.9 Å². The van der Waals surface area contributed by atoms with Crippen molar-refractivity contribution in [3.63, 3.8) is 0 Å². The molecule has 6 rings (SSSR count). The van der Waals surface area contributed by atoms with Crippen LogP contribution in [0.25, 0.3) is 0 Å². The third kappa shape index (κ3) is 3.96. The molecule has 1 atom stereocenters. The first kappa shape index (κ1) is 20.6. The summed E-state index contributed by atoms with van der Waals surface area (Å²) >= 11 is 5.87. The molecule has 5 fully saturated rings. The number of rotatable bonds is 5. The molecule has 0 aromatic heterocycles. The van der Waals surface area contributed by atoms with Gasteiger partial charge in [0.15, 0.2) is 0 Å². The van der Waals surface area contributed by atoms with Gasteiger partial charge >= 0.3 is 6.03 Å².